The molecule has 0 aliphatic rings. The lowest BCUT2D eigenvalue weighted by atomic mass is 10.0. The summed E-state index contributed by atoms with van der Waals surface area (Å²) in [6, 6.07) is 10.0. The van der Waals surface area contributed by atoms with Gasteiger partial charge in [0, 0.05) is 0 Å². The van der Waals surface area contributed by atoms with Crippen molar-refractivity contribution >= 4 is 27.9 Å². The van der Waals surface area contributed by atoms with Crippen molar-refractivity contribution in [1.82, 2.24) is 0 Å². The summed E-state index contributed by atoms with van der Waals surface area (Å²) in [5, 5.41) is 9.92. The van der Waals surface area contributed by atoms with Gasteiger partial charge in [0.25, 0.3) is 0 Å². The van der Waals surface area contributed by atoms with Gasteiger partial charge in [0.1, 0.15) is 11.2 Å². The Morgan fingerprint density at radius 2 is 1.92 bits per heavy atom. The van der Waals surface area contributed by atoms with E-state index in [2.05, 4.69) is 6.92 Å². The molecule has 0 radical (unpaired) electrons. The smallest absolute Gasteiger partial charge is 0.335 e. The molecule has 0 bridgehead atoms. The molecule has 3 aromatic rings. The summed E-state index contributed by atoms with van der Waals surface area (Å²) < 4.78 is 5.96. The number of aryl methyl sites for hydroxylation is 1. The van der Waals surface area contributed by atoms with Crippen LogP contribution in [0.3, 0.4) is 0 Å². The third-order valence-corrected chi connectivity index (χ3v) is 4.32. The first kappa shape index (κ1) is 16.2. The number of unbranched alkanes of at least 4 members (excludes halogenated alkanes) is 3. The molecule has 0 saturated heterocycles. The van der Waals surface area contributed by atoms with E-state index in [0.29, 0.717) is 21.9 Å². The Labute approximate surface area is 139 Å². The summed E-state index contributed by atoms with van der Waals surface area (Å²) >= 11 is 0. The van der Waals surface area contributed by atoms with Crippen LogP contribution in [-0.2, 0) is 6.42 Å². The van der Waals surface area contributed by atoms with Gasteiger partial charge in [-0.1, -0.05) is 38.3 Å². The van der Waals surface area contributed by atoms with Crippen LogP contribution in [0.5, 0.6) is 0 Å². The second-order valence-electron chi connectivity index (χ2n) is 6.05. The Balaban J connectivity index is 2.11. The maximum atomic E-state index is 12.7. The van der Waals surface area contributed by atoms with Crippen LogP contribution in [0.2, 0.25) is 0 Å². The van der Waals surface area contributed by atoms with Crippen LogP contribution in [0.25, 0.3) is 21.9 Å². The summed E-state index contributed by atoms with van der Waals surface area (Å²) in [4.78, 5) is 23.9. The third kappa shape index (κ3) is 3.04. The lowest BCUT2D eigenvalue weighted by Gasteiger charge is -2.07. The minimum atomic E-state index is -1.05. The highest BCUT2D eigenvalue weighted by Crippen LogP contribution is 2.24. The maximum Gasteiger partial charge on any atom is 0.335 e. The van der Waals surface area contributed by atoms with Gasteiger partial charge in [-0.25, -0.2) is 4.79 Å². The molecule has 0 amide bonds. The standard InChI is InChI=1S/C20H20O4/c1-2-3-4-5-7-13-8-6-9-15-18(21)16-12-14(20(22)23)10-11-17(16)24-19(13)15/h6,8-12H,2-5,7H2,1H3,(H,22,23). The van der Waals surface area contributed by atoms with E-state index < -0.39 is 5.97 Å². The second kappa shape index (κ2) is 6.87. The molecule has 3 rings (SSSR count). The molecule has 2 aromatic carbocycles. The predicted octanol–water partition coefficient (Wildman–Crippen LogP) is 4.77. The Morgan fingerprint density at radius 3 is 2.67 bits per heavy atom. The quantitative estimate of drug-likeness (QED) is 0.524. The summed E-state index contributed by atoms with van der Waals surface area (Å²) in [5.41, 5.74) is 1.99. The highest BCUT2D eigenvalue weighted by molar-refractivity contribution is 5.96. The first-order chi connectivity index (χ1) is 11.6. The van der Waals surface area contributed by atoms with Crippen molar-refractivity contribution in [3.8, 4) is 0 Å². The highest BCUT2D eigenvalue weighted by atomic mass is 16.4. The average molecular weight is 324 g/mol. The van der Waals surface area contributed by atoms with Crippen LogP contribution >= 0.6 is 0 Å². The molecule has 0 aliphatic carbocycles. The van der Waals surface area contributed by atoms with Crippen molar-refractivity contribution in [1.29, 1.82) is 0 Å². The van der Waals surface area contributed by atoms with Crippen molar-refractivity contribution < 1.29 is 14.3 Å². The molecule has 0 atom stereocenters. The minimum absolute atomic E-state index is 0.0878. The molecular formula is C20H20O4. The lowest BCUT2D eigenvalue weighted by molar-refractivity contribution is 0.0697. The first-order valence-electron chi connectivity index (χ1n) is 8.33. The summed E-state index contributed by atoms with van der Waals surface area (Å²) in [6.07, 6.45) is 5.48. The first-order valence-corrected chi connectivity index (χ1v) is 8.33. The third-order valence-electron chi connectivity index (χ3n) is 4.32. The van der Waals surface area contributed by atoms with Crippen molar-refractivity contribution in [3.05, 3.63) is 57.7 Å². The van der Waals surface area contributed by atoms with Crippen molar-refractivity contribution in [2.45, 2.75) is 39.0 Å². The number of carboxylic acid groups (broad SMARTS) is 1. The lowest BCUT2D eigenvalue weighted by Crippen LogP contribution is -2.05. The highest BCUT2D eigenvalue weighted by Gasteiger charge is 2.13. The summed E-state index contributed by atoms with van der Waals surface area (Å²) in [5.74, 6) is -1.05. The zero-order valence-electron chi connectivity index (χ0n) is 13.7. The molecule has 0 unspecified atom stereocenters. The topological polar surface area (TPSA) is 67.5 Å². The molecule has 1 heterocycles. The average Bonchev–Trinajstić information content (AvgIpc) is 2.59. The van der Waals surface area contributed by atoms with Crippen LogP contribution in [0.15, 0.2) is 45.6 Å². The van der Waals surface area contributed by atoms with E-state index in [9.17, 15) is 9.59 Å². The van der Waals surface area contributed by atoms with E-state index in [1.54, 1.807) is 12.1 Å². The number of benzene rings is 2. The second-order valence-corrected chi connectivity index (χ2v) is 6.05. The van der Waals surface area contributed by atoms with Crippen LogP contribution in [0.1, 0.15) is 48.5 Å². The molecule has 0 spiro atoms. The molecule has 1 aromatic heterocycles. The van der Waals surface area contributed by atoms with Crippen molar-refractivity contribution in [2.75, 3.05) is 0 Å². The van der Waals surface area contributed by atoms with E-state index in [1.165, 1.54) is 25.0 Å². The fraction of sp³-hybridized carbons (Fsp3) is 0.300. The number of carbonyl (C=O) groups is 1. The van der Waals surface area contributed by atoms with Gasteiger partial charge >= 0.3 is 5.97 Å². The van der Waals surface area contributed by atoms with Crippen LogP contribution in [0, 0.1) is 0 Å². The van der Waals surface area contributed by atoms with E-state index in [-0.39, 0.29) is 11.0 Å². The number of para-hydroxylation sites is 1. The van der Waals surface area contributed by atoms with Gasteiger partial charge < -0.3 is 9.52 Å². The molecule has 4 nitrogen and oxygen atoms in total. The number of hydrogen-bond donors (Lipinski definition) is 1. The van der Waals surface area contributed by atoms with E-state index in [1.807, 2.05) is 12.1 Å². The van der Waals surface area contributed by atoms with Crippen LogP contribution < -0.4 is 5.43 Å². The van der Waals surface area contributed by atoms with Gasteiger partial charge in [0.05, 0.1) is 16.3 Å². The minimum Gasteiger partial charge on any atom is -0.478 e. The molecule has 0 aliphatic heterocycles. The van der Waals surface area contributed by atoms with Crippen LogP contribution in [0.4, 0.5) is 0 Å². The SMILES string of the molecule is CCCCCCc1cccc2c(=O)c3cc(C(=O)O)ccc3oc12. The Bertz CT molecular complexity index is 953. The largest absolute Gasteiger partial charge is 0.478 e. The number of fused-ring (bicyclic) bond motifs is 2. The fourth-order valence-corrected chi connectivity index (χ4v) is 3.01. The predicted molar refractivity (Wildman–Crippen MR) is 94.8 cm³/mol. The Morgan fingerprint density at radius 1 is 1.08 bits per heavy atom. The molecular weight excluding hydrogens is 304 g/mol. The zero-order chi connectivity index (χ0) is 17.1. The van der Waals surface area contributed by atoms with E-state index in [4.69, 9.17) is 9.52 Å². The van der Waals surface area contributed by atoms with Gasteiger partial charge in [-0.2, -0.15) is 0 Å². The van der Waals surface area contributed by atoms with Gasteiger partial charge in [-0.15, -0.1) is 0 Å². The normalized spacial score (nSPS) is 11.2. The number of aromatic carboxylic acids is 1. The molecule has 24 heavy (non-hydrogen) atoms. The zero-order valence-corrected chi connectivity index (χ0v) is 13.7. The van der Waals surface area contributed by atoms with Gasteiger partial charge in [0.15, 0.2) is 0 Å². The summed E-state index contributed by atoms with van der Waals surface area (Å²) in [7, 11) is 0. The van der Waals surface area contributed by atoms with Gasteiger partial charge in [-0.3, -0.25) is 4.79 Å². The number of rotatable bonds is 6. The summed E-state index contributed by atoms with van der Waals surface area (Å²) in [6.45, 7) is 2.18. The maximum absolute atomic E-state index is 12.7. The number of carboxylic acids is 1. The van der Waals surface area contributed by atoms with Crippen LogP contribution in [-0.4, -0.2) is 11.1 Å². The van der Waals surface area contributed by atoms with Crippen molar-refractivity contribution in [3.63, 3.8) is 0 Å². The molecule has 0 saturated carbocycles. The molecule has 1 N–H and O–H groups in total. The van der Waals surface area contributed by atoms with Gasteiger partial charge in [-0.05, 0) is 42.7 Å². The monoisotopic (exact) mass is 324 g/mol. The van der Waals surface area contributed by atoms with Crippen molar-refractivity contribution in [2.24, 2.45) is 0 Å². The Kier molecular flexibility index (Phi) is 4.65. The fourth-order valence-electron chi connectivity index (χ4n) is 3.01. The molecule has 4 heteroatoms. The van der Waals surface area contributed by atoms with Gasteiger partial charge in [0.2, 0.25) is 5.43 Å². The molecule has 0 fully saturated rings. The van der Waals surface area contributed by atoms with E-state index in [0.717, 1.165) is 24.8 Å². The number of hydrogen-bond acceptors (Lipinski definition) is 3. The van der Waals surface area contributed by atoms with E-state index >= 15 is 0 Å². The molecule has 124 valence electrons. The Hall–Kier alpha value is -2.62.